The van der Waals surface area contributed by atoms with E-state index in [9.17, 15) is 12.8 Å². The number of nitrogens with one attached hydrogen (secondary N) is 1. The third-order valence-electron chi connectivity index (χ3n) is 2.29. The molecule has 0 spiro atoms. The summed E-state index contributed by atoms with van der Waals surface area (Å²) in [6.45, 7) is 2.13. The lowest BCUT2D eigenvalue weighted by Crippen LogP contribution is -2.37. The molecule has 0 saturated carbocycles. The van der Waals surface area contributed by atoms with Gasteiger partial charge in [0.25, 0.3) is 0 Å². The van der Waals surface area contributed by atoms with Crippen molar-refractivity contribution in [1.82, 2.24) is 4.72 Å². The van der Waals surface area contributed by atoms with E-state index in [0.717, 1.165) is 6.07 Å². The molecule has 6 heteroatoms. The Kier molecular flexibility index (Phi) is 5.04. The van der Waals surface area contributed by atoms with Crippen molar-refractivity contribution in [2.24, 2.45) is 0 Å². The third-order valence-corrected chi connectivity index (χ3v) is 3.81. The van der Waals surface area contributed by atoms with Gasteiger partial charge in [-0.05, 0) is 24.6 Å². The number of rotatable bonds is 6. The highest BCUT2D eigenvalue weighted by atomic mass is 32.2. The van der Waals surface area contributed by atoms with Gasteiger partial charge >= 0.3 is 0 Å². The zero-order valence-corrected chi connectivity index (χ0v) is 10.6. The summed E-state index contributed by atoms with van der Waals surface area (Å²) in [5.41, 5.74) is 0. The van der Waals surface area contributed by atoms with E-state index in [2.05, 4.69) is 4.72 Å². The van der Waals surface area contributed by atoms with Crippen LogP contribution in [0.25, 0.3) is 0 Å². The quantitative estimate of drug-likeness (QED) is 0.845. The number of hydrogen-bond donors (Lipinski definition) is 1. The predicted octanol–water partition coefficient (Wildman–Crippen LogP) is 1.53. The Labute approximate surface area is 101 Å². The van der Waals surface area contributed by atoms with Gasteiger partial charge in [0.1, 0.15) is 5.82 Å². The number of sulfonamides is 1. The average Bonchev–Trinajstić information content (AvgIpc) is 2.28. The molecule has 17 heavy (non-hydrogen) atoms. The van der Waals surface area contributed by atoms with E-state index in [-0.39, 0.29) is 17.5 Å². The number of ether oxygens (including phenoxy) is 1. The van der Waals surface area contributed by atoms with Crippen LogP contribution in [0.2, 0.25) is 0 Å². The van der Waals surface area contributed by atoms with Crippen molar-refractivity contribution in [3.8, 4) is 0 Å². The van der Waals surface area contributed by atoms with E-state index in [0.29, 0.717) is 6.42 Å². The van der Waals surface area contributed by atoms with Crippen molar-refractivity contribution in [2.45, 2.75) is 24.3 Å². The molecule has 1 N–H and O–H groups in total. The second-order valence-corrected chi connectivity index (χ2v) is 5.35. The molecule has 0 bridgehead atoms. The molecule has 0 saturated heterocycles. The lowest BCUT2D eigenvalue weighted by atomic mass is 10.3. The highest BCUT2D eigenvalue weighted by molar-refractivity contribution is 7.89. The summed E-state index contributed by atoms with van der Waals surface area (Å²) in [5, 5.41) is 0. The van der Waals surface area contributed by atoms with Crippen LogP contribution in [-0.2, 0) is 14.8 Å². The van der Waals surface area contributed by atoms with Crippen LogP contribution < -0.4 is 4.72 Å². The molecular weight excluding hydrogens is 245 g/mol. The van der Waals surface area contributed by atoms with Gasteiger partial charge in [-0.15, -0.1) is 0 Å². The first kappa shape index (κ1) is 14.1. The molecule has 96 valence electrons. The van der Waals surface area contributed by atoms with Gasteiger partial charge in [0.2, 0.25) is 10.0 Å². The Morgan fingerprint density at radius 3 is 2.71 bits per heavy atom. The van der Waals surface area contributed by atoms with Crippen LogP contribution in [0.4, 0.5) is 4.39 Å². The Morgan fingerprint density at radius 2 is 2.18 bits per heavy atom. The Morgan fingerprint density at radius 1 is 1.47 bits per heavy atom. The highest BCUT2D eigenvalue weighted by Gasteiger charge is 2.19. The van der Waals surface area contributed by atoms with Crippen LogP contribution in [0.3, 0.4) is 0 Å². The zero-order valence-electron chi connectivity index (χ0n) is 9.81. The Hall–Kier alpha value is -0.980. The number of benzene rings is 1. The van der Waals surface area contributed by atoms with E-state index >= 15 is 0 Å². The molecule has 4 nitrogen and oxygen atoms in total. The fraction of sp³-hybridized carbons (Fsp3) is 0.455. The van der Waals surface area contributed by atoms with Gasteiger partial charge in [-0.1, -0.05) is 13.0 Å². The molecule has 1 rings (SSSR count). The minimum atomic E-state index is -3.69. The van der Waals surface area contributed by atoms with Crippen LogP contribution in [0.1, 0.15) is 13.3 Å². The highest BCUT2D eigenvalue weighted by Crippen LogP contribution is 2.11. The number of hydrogen-bond acceptors (Lipinski definition) is 3. The summed E-state index contributed by atoms with van der Waals surface area (Å²) >= 11 is 0. The molecule has 0 heterocycles. The molecule has 0 fully saturated rings. The molecule has 0 radical (unpaired) electrons. The Bertz CT molecular complexity index is 462. The normalized spacial score (nSPS) is 13.6. The first-order valence-electron chi connectivity index (χ1n) is 5.26. The van der Waals surface area contributed by atoms with Crippen molar-refractivity contribution in [2.75, 3.05) is 13.7 Å². The van der Waals surface area contributed by atoms with Crippen LogP contribution in [-0.4, -0.2) is 28.2 Å². The zero-order chi connectivity index (χ0) is 12.9. The SMILES string of the molecule is CCC(COC)NS(=O)(=O)c1cccc(F)c1. The molecule has 0 aromatic heterocycles. The van der Waals surface area contributed by atoms with Gasteiger partial charge in [0.15, 0.2) is 0 Å². The molecule has 0 aliphatic heterocycles. The molecule has 0 aliphatic carbocycles. The van der Waals surface area contributed by atoms with E-state index in [1.54, 1.807) is 0 Å². The van der Waals surface area contributed by atoms with Gasteiger partial charge < -0.3 is 4.74 Å². The largest absolute Gasteiger partial charge is 0.383 e. The monoisotopic (exact) mass is 261 g/mol. The van der Waals surface area contributed by atoms with Gasteiger partial charge in [0.05, 0.1) is 11.5 Å². The summed E-state index contributed by atoms with van der Waals surface area (Å²) in [6, 6.07) is 4.59. The molecule has 1 aromatic carbocycles. The van der Waals surface area contributed by atoms with E-state index in [1.165, 1.54) is 25.3 Å². The van der Waals surface area contributed by atoms with Gasteiger partial charge in [-0.2, -0.15) is 0 Å². The number of methoxy groups -OCH3 is 1. The fourth-order valence-corrected chi connectivity index (χ4v) is 2.69. The lowest BCUT2D eigenvalue weighted by Gasteiger charge is -2.16. The second kappa shape index (κ2) is 6.09. The van der Waals surface area contributed by atoms with Crippen LogP contribution in [0.5, 0.6) is 0 Å². The first-order chi connectivity index (χ1) is 7.99. The summed E-state index contributed by atoms with van der Waals surface area (Å²) in [7, 11) is -2.19. The van der Waals surface area contributed by atoms with Gasteiger partial charge in [0, 0.05) is 13.2 Å². The maximum absolute atomic E-state index is 12.9. The summed E-state index contributed by atoms with van der Waals surface area (Å²) in [6.07, 6.45) is 0.600. The van der Waals surface area contributed by atoms with E-state index in [4.69, 9.17) is 4.74 Å². The second-order valence-electron chi connectivity index (χ2n) is 3.64. The van der Waals surface area contributed by atoms with Gasteiger partial charge in [-0.3, -0.25) is 0 Å². The third kappa shape index (κ3) is 4.07. The summed E-state index contributed by atoms with van der Waals surface area (Å²) in [4.78, 5) is -0.0768. The fourth-order valence-electron chi connectivity index (χ4n) is 1.36. The van der Waals surface area contributed by atoms with Crippen molar-refractivity contribution < 1.29 is 17.5 Å². The summed E-state index contributed by atoms with van der Waals surface area (Å²) in [5.74, 6) is -0.576. The van der Waals surface area contributed by atoms with Gasteiger partial charge in [-0.25, -0.2) is 17.5 Å². The van der Waals surface area contributed by atoms with Crippen molar-refractivity contribution in [3.63, 3.8) is 0 Å². The van der Waals surface area contributed by atoms with Crippen molar-refractivity contribution in [3.05, 3.63) is 30.1 Å². The van der Waals surface area contributed by atoms with Crippen molar-refractivity contribution >= 4 is 10.0 Å². The number of halogens is 1. The van der Waals surface area contributed by atoms with Crippen LogP contribution >= 0.6 is 0 Å². The smallest absolute Gasteiger partial charge is 0.240 e. The molecule has 1 atom stereocenters. The lowest BCUT2D eigenvalue weighted by molar-refractivity contribution is 0.173. The first-order valence-corrected chi connectivity index (χ1v) is 6.74. The van der Waals surface area contributed by atoms with E-state index in [1.807, 2.05) is 6.92 Å². The van der Waals surface area contributed by atoms with Crippen LogP contribution in [0, 0.1) is 5.82 Å². The minimum absolute atomic E-state index is 0.0768. The molecule has 1 aromatic rings. The van der Waals surface area contributed by atoms with Crippen LogP contribution in [0.15, 0.2) is 29.2 Å². The predicted molar refractivity (Wildman–Crippen MR) is 62.7 cm³/mol. The summed E-state index contributed by atoms with van der Waals surface area (Å²) < 4.78 is 44.1. The Balaban J connectivity index is 2.88. The minimum Gasteiger partial charge on any atom is -0.383 e. The molecule has 0 amide bonds. The maximum atomic E-state index is 12.9. The average molecular weight is 261 g/mol. The maximum Gasteiger partial charge on any atom is 0.240 e. The molecule has 1 unspecified atom stereocenters. The van der Waals surface area contributed by atoms with Crippen molar-refractivity contribution in [1.29, 1.82) is 0 Å². The van der Waals surface area contributed by atoms with E-state index < -0.39 is 15.8 Å². The standard InChI is InChI=1S/C11H16FNO3S/c1-3-10(8-16-2)13-17(14,15)11-6-4-5-9(12)7-11/h4-7,10,13H,3,8H2,1-2H3. The molecule has 0 aliphatic rings. The molecular formula is C11H16FNO3S. The topological polar surface area (TPSA) is 55.4 Å².